The van der Waals surface area contributed by atoms with Crippen molar-refractivity contribution >= 4 is 16.7 Å². The van der Waals surface area contributed by atoms with E-state index in [1.807, 2.05) is 56.3 Å². The second-order valence-electron chi connectivity index (χ2n) is 5.26. The number of fused-ring (bicyclic) bond motifs is 1. The van der Waals surface area contributed by atoms with Crippen LogP contribution in [0.15, 0.2) is 48.5 Å². The first-order valence-electron chi connectivity index (χ1n) is 6.81. The van der Waals surface area contributed by atoms with Crippen molar-refractivity contribution < 1.29 is 4.79 Å². The minimum absolute atomic E-state index is 0.172. The van der Waals surface area contributed by atoms with Crippen LogP contribution >= 0.6 is 0 Å². The molecule has 0 amide bonds. The van der Waals surface area contributed by atoms with Gasteiger partial charge in [-0.15, -0.1) is 0 Å². The second-order valence-corrected chi connectivity index (χ2v) is 5.26. The maximum Gasteiger partial charge on any atom is 0.169 e. The largest absolute Gasteiger partial charge is 0.358 e. The molecule has 0 aliphatic rings. The summed E-state index contributed by atoms with van der Waals surface area (Å²) in [6.07, 6.45) is 0.449. The highest BCUT2D eigenvalue weighted by molar-refractivity contribution is 6.09. The van der Waals surface area contributed by atoms with Gasteiger partial charge in [0, 0.05) is 28.6 Å². The number of rotatable bonds is 3. The molecule has 2 aromatic carbocycles. The van der Waals surface area contributed by atoms with E-state index in [2.05, 4.69) is 11.1 Å². The standard InChI is InChI=1S/C18H17NO/c1-12-6-5-7-14(10-12)11-17(20)18-13(2)19-16-9-4-3-8-15(16)18/h3-10,19H,11H2,1-2H3. The van der Waals surface area contributed by atoms with Gasteiger partial charge in [-0.2, -0.15) is 0 Å². The van der Waals surface area contributed by atoms with Gasteiger partial charge in [-0.25, -0.2) is 0 Å². The van der Waals surface area contributed by atoms with Crippen molar-refractivity contribution in [2.24, 2.45) is 0 Å². The third-order valence-electron chi connectivity index (χ3n) is 3.62. The number of carbonyl (C=O) groups is 1. The van der Waals surface area contributed by atoms with Crippen LogP contribution in [0.4, 0.5) is 0 Å². The van der Waals surface area contributed by atoms with E-state index in [0.29, 0.717) is 6.42 Å². The zero-order valence-corrected chi connectivity index (χ0v) is 11.7. The number of benzene rings is 2. The molecule has 3 rings (SSSR count). The van der Waals surface area contributed by atoms with E-state index in [-0.39, 0.29) is 5.78 Å². The molecule has 0 aliphatic heterocycles. The van der Waals surface area contributed by atoms with Gasteiger partial charge >= 0.3 is 0 Å². The molecule has 0 spiro atoms. The van der Waals surface area contributed by atoms with E-state index in [1.54, 1.807) is 0 Å². The molecule has 3 aromatic rings. The molecule has 0 atom stereocenters. The fourth-order valence-corrected chi connectivity index (χ4v) is 2.73. The highest BCUT2D eigenvalue weighted by Crippen LogP contribution is 2.23. The van der Waals surface area contributed by atoms with Crippen molar-refractivity contribution in [1.82, 2.24) is 4.98 Å². The molecule has 2 nitrogen and oxygen atoms in total. The van der Waals surface area contributed by atoms with Gasteiger partial charge in [0.15, 0.2) is 5.78 Å². The molecule has 0 radical (unpaired) electrons. The highest BCUT2D eigenvalue weighted by atomic mass is 16.1. The number of aromatic amines is 1. The lowest BCUT2D eigenvalue weighted by Gasteiger charge is -2.03. The Morgan fingerprint density at radius 2 is 1.85 bits per heavy atom. The van der Waals surface area contributed by atoms with E-state index >= 15 is 0 Å². The average Bonchev–Trinajstić information content (AvgIpc) is 2.74. The quantitative estimate of drug-likeness (QED) is 0.705. The smallest absolute Gasteiger partial charge is 0.169 e. The number of H-pyrrole nitrogens is 1. The highest BCUT2D eigenvalue weighted by Gasteiger charge is 2.15. The first-order chi connectivity index (χ1) is 9.65. The van der Waals surface area contributed by atoms with Crippen molar-refractivity contribution in [2.75, 3.05) is 0 Å². The van der Waals surface area contributed by atoms with Crippen molar-refractivity contribution in [1.29, 1.82) is 0 Å². The predicted molar refractivity (Wildman–Crippen MR) is 82.2 cm³/mol. The third-order valence-corrected chi connectivity index (χ3v) is 3.62. The number of hydrogen-bond donors (Lipinski definition) is 1. The number of Topliss-reactive ketones (excluding diaryl/α,β-unsaturated/α-hetero) is 1. The van der Waals surface area contributed by atoms with Gasteiger partial charge in [0.05, 0.1) is 0 Å². The summed E-state index contributed by atoms with van der Waals surface area (Å²) < 4.78 is 0. The van der Waals surface area contributed by atoms with Crippen LogP contribution in [-0.2, 0) is 6.42 Å². The lowest BCUT2D eigenvalue weighted by Crippen LogP contribution is -2.04. The molecule has 0 aliphatic carbocycles. The SMILES string of the molecule is Cc1cccc(CC(=O)c2c(C)[nH]c3ccccc23)c1. The summed E-state index contributed by atoms with van der Waals surface area (Å²) in [5, 5.41) is 1.02. The molecule has 0 saturated carbocycles. The maximum absolute atomic E-state index is 12.6. The van der Waals surface area contributed by atoms with Gasteiger partial charge < -0.3 is 4.98 Å². The van der Waals surface area contributed by atoms with Crippen LogP contribution in [0.3, 0.4) is 0 Å². The monoisotopic (exact) mass is 263 g/mol. The molecule has 1 aromatic heterocycles. The fourth-order valence-electron chi connectivity index (χ4n) is 2.73. The zero-order chi connectivity index (χ0) is 14.1. The van der Waals surface area contributed by atoms with Crippen molar-refractivity contribution in [3.63, 3.8) is 0 Å². The summed E-state index contributed by atoms with van der Waals surface area (Å²) in [6, 6.07) is 16.1. The lowest BCUT2D eigenvalue weighted by molar-refractivity contribution is 0.0994. The van der Waals surface area contributed by atoms with Gasteiger partial charge in [0.1, 0.15) is 0 Å². The Morgan fingerprint density at radius 3 is 2.65 bits per heavy atom. The minimum Gasteiger partial charge on any atom is -0.358 e. The molecule has 0 saturated heterocycles. The van der Waals surface area contributed by atoms with Crippen LogP contribution in [0.25, 0.3) is 10.9 Å². The molecule has 0 bridgehead atoms. The number of para-hydroxylation sites is 1. The fraction of sp³-hybridized carbons (Fsp3) is 0.167. The maximum atomic E-state index is 12.6. The van der Waals surface area contributed by atoms with Crippen molar-refractivity contribution in [2.45, 2.75) is 20.3 Å². The van der Waals surface area contributed by atoms with Crippen LogP contribution < -0.4 is 0 Å². The molecule has 100 valence electrons. The summed E-state index contributed by atoms with van der Waals surface area (Å²) in [4.78, 5) is 15.9. The Labute approximate surface area is 118 Å². The number of nitrogens with one attached hydrogen (secondary N) is 1. The van der Waals surface area contributed by atoms with Crippen molar-refractivity contribution in [3.05, 3.63) is 70.9 Å². The van der Waals surface area contributed by atoms with Gasteiger partial charge in [-0.05, 0) is 25.5 Å². The van der Waals surface area contributed by atoms with E-state index < -0.39 is 0 Å². The van der Waals surface area contributed by atoms with Crippen LogP contribution in [0.2, 0.25) is 0 Å². The van der Waals surface area contributed by atoms with Gasteiger partial charge in [0.2, 0.25) is 0 Å². The number of hydrogen-bond acceptors (Lipinski definition) is 1. The topological polar surface area (TPSA) is 32.9 Å². The number of ketones is 1. The Bertz CT molecular complexity index is 783. The Kier molecular flexibility index (Phi) is 3.15. The molecular formula is C18H17NO. The molecule has 1 N–H and O–H groups in total. The molecule has 0 fully saturated rings. The molecule has 2 heteroatoms. The zero-order valence-electron chi connectivity index (χ0n) is 11.7. The predicted octanol–water partition coefficient (Wildman–Crippen LogP) is 4.21. The van der Waals surface area contributed by atoms with Gasteiger partial charge in [0.25, 0.3) is 0 Å². The summed E-state index contributed by atoms with van der Waals surface area (Å²) in [6.45, 7) is 4.01. The molecular weight excluding hydrogens is 246 g/mol. The Morgan fingerprint density at radius 1 is 1.05 bits per heavy atom. The Balaban J connectivity index is 1.99. The number of aryl methyl sites for hydroxylation is 2. The molecule has 1 heterocycles. The summed E-state index contributed by atoms with van der Waals surface area (Å²) in [5.74, 6) is 0.172. The lowest BCUT2D eigenvalue weighted by atomic mass is 9.99. The van der Waals surface area contributed by atoms with Crippen LogP contribution in [0, 0.1) is 13.8 Å². The summed E-state index contributed by atoms with van der Waals surface area (Å²) in [7, 11) is 0. The van der Waals surface area contributed by atoms with Crippen LogP contribution in [-0.4, -0.2) is 10.8 Å². The van der Waals surface area contributed by atoms with Crippen LogP contribution in [0.1, 0.15) is 27.2 Å². The van der Waals surface area contributed by atoms with Gasteiger partial charge in [-0.3, -0.25) is 4.79 Å². The van der Waals surface area contributed by atoms with Crippen molar-refractivity contribution in [3.8, 4) is 0 Å². The third kappa shape index (κ3) is 2.25. The summed E-state index contributed by atoms with van der Waals surface area (Å²) >= 11 is 0. The molecule has 20 heavy (non-hydrogen) atoms. The second kappa shape index (κ2) is 4.97. The normalized spacial score (nSPS) is 10.9. The average molecular weight is 263 g/mol. The molecule has 0 unspecified atom stereocenters. The minimum atomic E-state index is 0.172. The summed E-state index contributed by atoms with van der Waals surface area (Å²) in [5.41, 5.74) is 5.05. The Hall–Kier alpha value is -2.35. The van der Waals surface area contributed by atoms with E-state index in [9.17, 15) is 4.79 Å². The first kappa shape index (κ1) is 12.7. The van der Waals surface area contributed by atoms with E-state index in [4.69, 9.17) is 0 Å². The first-order valence-corrected chi connectivity index (χ1v) is 6.81. The van der Waals surface area contributed by atoms with Gasteiger partial charge in [-0.1, -0.05) is 48.0 Å². The van der Waals surface area contributed by atoms with Crippen LogP contribution in [0.5, 0.6) is 0 Å². The van der Waals surface area contributed by atoms with E-state index in [1.165, 1.54) is 5.56 Å². The van der Waals surface area contributed by atoms with E-state index in [0.717, 1.165) is 27.7 Å². The number of carbonyl (C=O) groups excluding carboxylic acids is 1. The number of aromatic nitrogens is 1.